The maximum atomic E-state index is 6.65. The Kier molecular flexibility index (Phi) is 4.53. The molecule has 2 unspecified atom stereocenters. The van der Waals surface area contributed by atoms with E-state index in [9.17, 15) is 0 Å². The summed E-state index contributed by atoms with van der Waals surface area (Å²) in [6, 6.07) is 13.1. The molecule has 0 fully saturated rings. The zero-order chi connectivity index (χ0) is 15.0. The van der Waals surface area contributed by atoms with Crippen molar-refractivity contribution in [3.05, 3.63) is 67.6 Å². The number of benzene rings is 2. The maximum Gasteiger partial charge on any atom is 0.0376 e. The van der Waals surface area contributed by atoms with E-state index in [0.717, 1.165) is 15.4 Å². The van der Waals surface area contributed by atoms with Gasteiger partial charge in [-0.15, -0.1) is 0 Å². The van der Waals surface area contributed by atoms with Gasteiger partial charge in [0.1, 0.15) is 0 Å². The van der Waals surface area contributed by atoms with Gasteiger partial charge in [0.25, 0.3) is 0 Å². The second kappa shape index (κ2) is 6.23. The van der Waals surface area contributed by atoms with E-state index in [1.165, 1.54) is 35.1 Å². The van der Waals surface area contributed by atoms with Crippen LogP contribution in [0, 0.1) is 6.92 Å². The van der Waals surface area contributed by atoms with Crippen LogP contribution in [-0.4, -0.2) is 0 Å². The average molecular weight is 409 g/mol. The van der Waals surface area contributed by atoms with E-state index in [4.69, 9.17) is 5.73 Å². The SMILES string of the molecule is Cc1cc(Br)c(C(N)C2CCCc3ccccc32)cc1Br. The van der Waals surface area contributed by atoms with Crippen LogP contribution in [-0.2, 0) is 6.42 Å². The second-order valence-corrected chi connectivity index (χ2v) is 7.55. The Hall–Kier alpha value is -0.640. The van der Waals surface area contributed by atoms with Crippen LogP contribution >= 0.6 is 31.9 Å². The summed E-state index contributed by atoms with van der Waals surface area (Å²) in [4.78, 5) is 0. The van der Waals surface area contributed by atoms with Crippen molar-refractivity contribution in [1.82, 2.24) is 0 Å². The zero-order valence-corrected chi connectivity index (χ0v) is 15.2. The van der Waals surface area contributed by atoms with Crippen molar-refractivity contribution in [3.8, 4) is 0 Å². The van der Waals surface area contributed by atoms with Gasteiger partial charge in [-0.3, -0.25) is 0 Å². The van der Waals surface area contributed by atoms with E-state index >= 15 is 0 Å². The third-order valence-corrected chi connectivity index (χ3v) is 6.03. The Morgan fingerprint density at radius 3 is 2.71 bits per heavy atom. The van der Waals surface area contributed by atoms with E-state index in [1.54, 1.807) is 0 Å². The highest BCUT2D eigenvalue weighted by Gasteiger charge is 2.27. The molecule has 0 spiro atoms. The van der Waals surface area contributed by atoms with Gasteiger partial charge in [-0.2, -0.15) is 0 Å². The van der Waals surface area contributed by atoms with Crippen LogP contribution in [0.3, 0.4) is 0 Å². The van der Waals surface area contributed by atoms with Gasteiger partial charge in [0.15, 0.2) is 0 Å². The molecule has 0 radical (unpaired) electrons. The monoisotopic (exact) mass is 407 g/mol. The van der Waals surface area contributed by atoms with E-state index in [-0.39, 0.29) is 6.04 Å². The van der Waals surface area contributed by atoms with Crippen molar-refractivity contribution in [2.24, 2.45) is 5.73 Å². The number of hydrogen-bond donors (Lipinski definition) is 1. The molecule has 1 aliphatic carbocycles. The largest absolute Gasteiger partial charge is 0.323 e. The summed E-state index contributed by atoms with van der Waals surface area (Å²) in [6.45, 7) is 2.10. The fourth-order valence-electron chi connectivity index (χ4n) is 3.30. The van der Waals surface area contributed by atoms with Crippen LogP contribution in [0.2, 0.25) is 0 Å². The van der Waals surface area contributed by atoms with Crippen molar-refractivity contribution in [2.75, 3.05) is 0 Å². The number of rotatable bonds is 2. The number of aryl methyl sites for hydroxylation is 2. The molecule has 0 bridgehead atoms. The molecule has 3 rings (SSSR count). The van der Waals surface area contributed by atoms with Gasteiger partial charge in [-0.05, 0) is 60.6 Å². The lowest BCUT2D eigenvalue weighted by Crippen LogP contribution is -2.24. The molecular weight excluding hydrogens is 390 g/mol. The highest BCUT2D eigenvalue weighted by molar-refractivity contribution is 9.11. The average Bonchev–Trinajstić information content (AvgIpc) is 2.49. The molecular formula is C18H19Br2N. The topological polar surface area (TPSA) is 26.0 Å². The van der Waals surface area contributed by atoms with Crippen LogP contribution < -0.4 is 5.73 Å². The molecule has 2 aromatic carbocycles. The van der Waals surface area contributed by atoms with Crippen LogP contribution in [0.1, 0.15) is 47.1 Å². The predicted octanol–water partition coefficient (Wildman–Crippen LogP) is 5.64. The van der Waals surface area contributed by atoms with E-state index < -0.39 is 0 Å². The lowest BCUT2D eigenvalue weighted by atomic mass is 9.77. The Morgan fingerprint density at radius 1 is 1.14 bits per heavy atom. The van der Waals surface area contributed by atoms with E-state index in [0.29, 0.717) is 5.92 Å². The van der Waals surface area contributed by atoms with Crippen LogP contribution in [0.5, 0.6) is 0 Å². The molecule has 2 N–H and O–H groups in total. The third-order valence-electron chi connectivity index (χ3n) is 4.49. The molecule has 2 aromatic rings. The van der Waals surface area contributed by atoms with Crippen molar-refractivity contribution in [1.29, 1.82) is 0 Å². The minimum atomic E-state index is 0.0257. The molecule has 1 aliphatic rings. The minimum Gasteiger partial charge on any atom is -0.323 e. The first-order valence-electron chi connectivity index (χ1n) is 7.37. The molecule has 0 saturated heterocycles. The Morgan fingerprint density at radius 2 is 1.90 bits per heavy atom. The number of halogens is 2. The molecule has 1 nitrogen and oxygen atoms in total. The lowest BCUT2D eigenvalue weighted by Gasteiger charge is -2.31. The molecule has 110 valence electrons. The summed E-state index contributed by atoms with van der Waals surface area (Å²) in [6.07, 6.45) is 3.56. The Labute approximate surface area is 143 Å². The summed E-state index contributed by atoms with van der Waals surface area (Å²) < 4.78 is 2.24. The van der Waals surface area contributed by atoms with Gasteiger partial charge in [-0.25, -0.2) is 0 Å². The second-order valence-electron chi connectivity index (χ2n) is 5.85. The van der Waals surface area contributed by atoms with Gasteiger partial charge in [-0.1, -0.05) is 56.1 Å². The molecule has 0 heterocycles. The Bertz CT molecular complexity index is 666. The standard InChI is InChI=1S/C18H19Br2N/c1-11-9-17(20)15(10-16(11)19)18(21)14-8-4-6-12-5-2-3-7-13(12)14/h2-3,5,7,9-10,14,18H,4,6,8,21H2,1H3. The summed E-state index contributed by atoms with van der Waals surface area (Å²) in [5.41, 5.74) is 12.0. The van der Waals surface area contributed by atoms with Gasteiger partial charge in [0.2, 0.25) is 0 Å². The summed E-state index contributed by atoms with van der Waals surface area (Å²) in [5, 5.41) is 0. The molecule has 3 heteroatoms. The first kappa shape index (κ1) is 15.3. The quantitative estimate of drug-likeness (QED) is 0.683. The van der Waals surface area contributed by atoms with Crippen LogP contribution in [0.25, 0.3) is 0 Å². The Balaban J connectivity index is 2.00. The number of hydrogen-bond acceptors (Lipinski definition) is 1. The molecule has 2 atom stereocenters. The maximum absolute atomic E-state index is 6.65. The van der Waals surface area contributed by atoms with Crippen molar-refractivity contribution >= 4 is 31.9 Å². The summed E-state index contributed by atoms with van der Waals surface area (Å²) >= 11 is 7.32. The summed E-state index contributed by atoms with van der Waals surface area (Å²) in [5.74, 6) is 0.404. The van der Waals surface area contributed by atoms with E-state index in [2.05, 4.69) is 75.2 Å². The molecule has 0 aromatic heterocycles. The fourth-order valence-corrected chi connectivity index (χ4v) is 4.38. The van der Waals surface area contributed by atoms with Gasteiger partial charge < -0.3 is 5.73 Å². The van der Waals surface area contributed by atoms with Crippen molar-refractivity contribution in [2.45, 2.75) is 38.1 Å². The van der Waals surface area contributed by atoms with Crippen LogP contribution in [0.15, 0.2) is 45.3 Å². The van der Waals surface area contributed by atoms with E-state index in [1.807, 2.05) is 0 Å². The normalized spacial score (nSPS) is 19.1. The van der Waals surface area contributed by atoms with Crippen molar-refractivity contribution in [3.63, 3.8) is 0 Å². The first-order valence-corrected chi connectivity index (χ1v) is 8.95. The number of fused-ring (bicyclic) bond motifs is 1. The van der Waals surface area contributed by atoms with Gasteiger partial charge >= 0.3 is 0 Å². The van der Waals surface area contributed by atoms with Gasteiger partial charge in [0.05, 0.1) is 0 Å². The van der Waals surface area contributed by atoms with Crippen molar-refractivity contribution < 1.29 is 0 Å². The fraction of sp³-hybridized carbons (Fsp3) is 0.333. The lowest BCUT2D eigenvalue weighted by molar-refractivity contribution is 0.473. The van der Waals surface area contributed by atoms with Crippen LogP contribution in [0.4, 0.5) is 0 Å². The molecule has 0 aliphatic heterocycles. The highest BCUT2D eigenvalue weighted by atomic mass is 79.9. The smallest absolute Gasteiger partial charge is 0.0376 e. The third kappa shape index (κ3) is 2.96. The predicted molar refractivity (Wildman–Crippen MR) is 95.6 cm³/mol. The molecule has 0 amide bonds. The zero-order valence-electron chi connectivity index (χ0n) is 12.1. The minimum absolute atomic E-state index is 0.0257. The first-order chi connectivity index (χ1) is 10.1. The summed E-state index contributed by atoms with van der Waals surface area (Å²) in [7, 11) is 0. The van der Waals surface area contributed by atoms with Gasteiger partial charge in [0, 0.05) is 20.9 Å². The molecule has 0 saturated carbocycles. The molecule has 21 heavy (non-hydrogen) atoms. The highest BCUT2D eigenvalue weighted by Crippen LogP contribution is 2.41. The number of nitrogens with two attached hydrogens (primary N) is 1.